The van der Waals surface area contributed by atoms with E-state index < -0.39 is 12.1 Å². The van der Waals surface area contributed by atoms with Crippen molar-refractivity contribution in [3.8, 4) is 5.75 Å². The number of benzene rings is 2. The molecule has 0 fully saturated rings. The molecule has 1 aliphatic rings. The van der Waals surface area contributed by atoms with E-state index in [2.05, 4.69) is 43.5 Å². The van der Waals surface area contributed by atoms with Crippen LogP contribution in [-0.4, -0.2) is 31.6 Å². The normalized spacial score (nSPS) is 15.8. The largest absolute Gasteiger partial charge is 0.475 e. The second-order valence-corrected chi connectivity index (χ2v) is 7.92. The Kier molecular flexibility index (Phi) is 5.92. The Morgan fingerprint density at radius 3 is 2.55 bits per heavy atom. The molecule has 2 N–H and O–H groups in total. The molecule has 1 atom stereocenters. The van der Waals surface area contributed by atoms with Gasteiger partial charge in [-0.15, -0.1) is 0 Å². The summed E-state index contributed by atoms with van der Waals surface area (Å²) in [7, 11) is 1.33. The molecule has 1 aliphatic heterocycles. The van der Waals surface area contributed by atoms with Gasteiger partial charge in [0.25, 0.3) is 0 Å². The number of anilines is 2. The lowest BCUT2D eigenvalue weighted by Crippen LogP contribution is -2.38. The molecule has 0 aromatic heterocycles. The van der Waals surface area contributed by atoms with Gasteiger partial charge >= 0.3 is 5.97 Å². The van der Waals surface area contributed by atoms with Crippen LogP contribution in [0, 0.1) is 0 Å². The second-order valence-electron chi connectivity index (χ2n) is 7.92. The molecular formula is C23H26N2O4. The summed E-state index contributed by atoms with van der Waals surface area (Å²) in [5.74, 6) is -0.116. The molecule has 29 heavy (non-hydrogen) atoms. The van der Waals surface area contributed by atoms with Crippen LogP contribution in [0.5, 0.6) is 5.75 Å². The van der Waals surface area contributed by atoms with Crippen LogP contribution < -0.4 is 15.4 Å². The molecule has 0 saturated heterocycles. The summed E-state index contributed by atoms with van der Waals surface area (Å²) >= 11 is 0. The van der Waals surface area contributed by atoms with E-state index in [0.717, 1.165) is 5.56 Å². The number of hydrogen-bond donors (Lipinski definition) is 2. The molecule has 2 aromatic carbocycles. The zero-order valence-electron chi connectivity index (χ0n) is 17.1. The van der Waals surface area contributed by atoms with Crippen LogP contribution in [0.3, 0.4) is 0 Å². The lowest BCUT2D eigenvalue weighted by Gasteiger charge is -2.25. The number of methoxy groups -OCH3 is 1. The number of carbonyl (C=O) groups excluding carboxylic acids is 2. The van der Waals surface area contributed by atoms with Crippen molar-refractivity contribution in [2.75, 3.05) is 24.3 Å². The van der Waals surface area contributed by atoms with E-state index in [1.54, 1.807) is 24.3 Å². The van der Waals surface area contributed by atoms with Crippen molar-refractivity contribution in [3.63, 3.8) is 0 Å². The van der Waals surface area contributed by atoms with Gasteiger partial charge in [0.15, 0.2) is 0 Å². The molecule has 1 unspecified atom stereocenters. The molecule has 0 aliphatic carbocycles. The average Bonchev–Trinajstić information content (AvgIpc) is 2.71. The van der Waals surface area contributed by atoms with Gasteiger partial charge in [0.05, 0.1) is 19.3 Å². The van der Waals surface area contributed by atoms with Crippen LogP contribution in [0.4, 0.5) is 11.4 Å². The van der Waals surface area contributed by atoms with Gasteiger partial charge < -0.3 is 20.1 Å². The highest BCUT2D eigenvalue weighted by atomic mass is 16.6. The molecule has 152 valence electrons. The van der Waals surface area contributed by atoms with Crippen molar-refractivity contribution >= 4 is 29.3 Å². The van der Waals surface area contributed by atoms with Crippen LogP contribution in [0.15, 0.2) is 48.5 Å². The fraction of sp³-hybridized carbons (Fsp3) is 0.304. The highest BCUT2D eigenvalue weighted by Gasteiger charge is 2.26. The van der Waals surface area contributed by atoms with Gasteiger partial charge in [-0.25, -0.2) is 4.79 Å². The summed E-state index contributed by atoms with van der Waals surface area (Å²) in [6, 6.07) is 13.4. The van der Waals surface area contributed by atoms with Gasteiger partial charge in [-0.05, 0) is 40.8 Å². The van der Waals surface area contributed by atoms with E-state index in [1.807, 2.05) is 12.1 Å². The number of amides is 1. The quantitative estimate of drug-likeness (QED) is 0.606. The van der Waals surface area contributed by atoms with Crippen LogP contribution in [0.2, 0.25) is 0 Å². The minimum absolute atomic E-state index is 0.0979. The first-order valence-electron chi connectivity index (χ1n) is 9.48. The van der Waals surface area contributed by atoms with Crippen molar-refractivity contribution < 1.29 is 19.1 Å². The van der Waals surface area contributed by atoms with Gasteiger partial charge in [-0.2, -0.15) is 0 Å². The Morgan fingerprint density at radius 2 is 1.90 bits per heavy atom. The Morgan fingerprint density at radius 1 is 1.17 bits per heavy atom. The molecule has 2 aromatic rings. The van der Waals surface area contributed by atoms with E-state index >= 15 is 0 Å². The first-order valence-corrected chi connectivity index (χ1v) is 9.48. The standard InChI is InChI=1S/C23H26N2O4/c1-23(2,3)16-8-5-15(6-9-16)7-12-21(26)25-17-10-11-19-18(13-17)24-14-20(29-19)22(27)28-4/h5-13,20,24H,14H2,1-4H3,(H,25,26). The zero-order valence-corrected chi connectivity index (χ0v) is 17.1. The van der Waals surface area contributed by atoms with Crippen LogP contribution in [-0.2, 0) is 19.7 Å². The van der Waals surface area contributed by atoms with Crippen LogP contribution in [0.1, 0.15) is 31.9 Å². The van der Waals surface area contributed by atoms with Gasteiger partial charge in [-0.3, -0.25) is 4.79 Å². The number of carbonyl (C=O) groups is 2. The fourth-order valence-electron chi connectivity index (χ4n) is 2.96. The summed E-state index contributed by atoms with van der Waals surface area (Å²) in [6.45, 7) is 6.81. The van der Waals surface area contributed by atoms with Crippen molar-refractivity contribution in [1.82, 2.24) is 0 Å². The Labute approximate surface area is 170 Å². The molecule has 0 saturated carbocycles. The number of rotatable bonds is 4. The summed E-state index contributed by atoms with van der Waals surface area (Å²) in [4.78, 5) is 23.8. The van der Waals surface area contributed by atoms with Gasteiger partial charge in [-0.1, -0.05) is 45.0 Å². The Balaban J connectivity index is 1.61. The molecule has 6 heteroatoms. The number of fused-ring (bicyclic) bond motifs is 1. The van der Waals surface area contributed by atoms with Crippen LogP contribution >= 0.6 is 0 Å². The number of nitrogens with one attached hydrogen (secondary N) is 2. The van der Waals surface area contributed by atoms with E-state index in [-0.39, 0.29) is 11.3 Å². The lowest BCUT2D eigenvalue weighted by atomic mass is 9.87. The van der Waals surface area contributed by atoms with Crippen molar-refractivity contribution in [2.45, 2.75) is 32.3 Å². The van der Waals surface area contributed by atoms with E-state index in [0.29, 0.717) is 23.7 Å². The maximum Gasteiger partial charge on any atom is 0.348 e. The molecule has 0 spiro atoms. The smallest absolute Gasteiger partial charge is 0.348 e. The first-order chi connectivity index (χ1) is 13.8. The topological polar surface area (TPSA) is 76.7 Å². The van der Waals surface area contributed by atoms with Gasteiger partial charge in [0, 0.05) is 11.8 Å². The Bertz CT molecular complexity index is 927. The second kappa shape index (κ2) is 8.39. The predicted molar refractivity (Wildman–Crippen MR) is 114 cm³/mol. The van der Waals surface area contributed by atoms with Crippen molar-refractivity contribution in [2.24, 2.45) is 0 Å². The maximum atomic E-state index is 12.2. The molecular weight excluding hydrogens is 368 g/mol. The summed E-state index contributed by atoms with van der Waals surface area (Å²) in [5, 5.41) is 5.95. The summed E-state index contributed by atoms with van der Waals surface area (Å²) in [5.41, 5.74) is 3.65. The molecule has 0 bridgehead atoms. The van der Waals surface area contributed by atoms with E-state index in [9.17, 15) is 9.59 Å². The van der Waals surface area contributed by atoms with E-state index in [4.69, 9.17) is 9.47 Å². The van der Waals surface area contributed by atoms with Gasteiger partial charge in [0.1, 0.15) is 5.75 Å². The monoisotopic (exact) mass is 394 g/mol. The minimum Gasteiger partial charge on any atom is -0.475 e. The van der Waals surface area contributed by atoms with Crippen LogP contribution in [0.25, 0.3) is 6.08 Å². The number of hydrogen-bond acceptors (Lipinski definition) is 5. The molecule has 0 radical (unpaired) electrons. The zero-order chi connectivity index (χ0) is 21.0. The lowest BCUT2D eigenvalue weighted by molar-refractivity contribution is -0.148. The van der Waals surface area contributed by atoms with Crippen molar-refractivity contribution in [1.29, 1.82) is 0 Å². The maximum absolute atomic E-state index is 12.2. The highest BCUT2D eigenvalue weighted by molar-refractivity contribution is 6.02. The summed E-state index contributed by atoms with van der Waals surface area (Å²) in [6.07, 6.45) is 2.60. The van der Waals surface area contributed by atoms with Gasteiger partial charge in [0.2, 0.25) is 12.0 Å². The predicted octanol–water partition coefficient (Wildman–Crippen LogP) is 3.98. The third kappa shape index (κ3) is 5.16. The number of esters is 1. The fourth-order valence-corrected chi connectivity index (χ4v) is 2.96. The third-order valence-electron chi connectivity index (χ3n) is 4.66. The van der Waals surface area contributed by atoms with E-state index in [1.165, 1.54) is 18.7 Å². The average molecular weight is 394 g/mol. The molecule has 1 amide bonds. The molecule has 3 rings (SSSR count). The highest BCUT2D eigenvalue weighted by Crippen LogP contribution is 2.32. The van der Waals surface area contributed by atoms with Crippen molar-refractivity contribution in [3.05, 3.63) is 59.7 Å². The third-order valence-corrected chi connectivity index (χ3v) is 4.66. The Hall–Kier alpha value is -3.28. The first kappa shape index (κ1) is 20.5. The SMILES string of the molecule is COC(=O)C1CNc2cc(NC(=O)C=Cc3ccc(C(C)(C)C)cc3)ccc2O1. The molecule has 1 heterocycles. The minimum atomic E-state index is -0.680. The summed E-state index contributed by atoms with van der Waals surface area (Å²) < 4.78 is 10.3. The molecule has 6 nitrogen and oxygen atoms in total. The number of ether oxygens (including phenoxy) is 2.